The smallest absolute Gasteiger partial charge is 0.337 e. The zero-order chi connectivity index (χ0) is 11.9. The second-order valence-electron chi connectivity index (χ2n) is 5.91. The molecule has 3 rings (SSSR count). The Kier molecular flexibility index (Phi) is 1.53. The number of urea groups is 1. The molecule has 0 unspecified atom stereocenters. The van der Waals surface area contributed by atoms with Crippen molar-refractivity contribution in [1.82, 2.24) is 5.01 Å². The summed E-state index contributed by atoms with van der Waals surface area (Å²) in [6.45, 7) is 6.29. The molecule has 0 radical (unpaired) electrons. The first-order valence-electron chi connectivity index (χ1n) is 5.67. The van der Waals surface area contributed by atoms with Gasteiger partial charge in [0, 0.05) is 12.1 Å². The van der Waals surface area contributed by atoms with Crippen LogP contribution < -0.4 is 5.73 Å². The number of rotatable bonds is 0. The van der Waals surface area contributed by atoms with E-state index in [1.165, 1.54) is 0 Å². The second kappa shape index (κ2) is 2.42. The van der Waals surface area contributed by atoms with E-state index < -0.39 is 11.8 Å². The fourth-order valence-electron chi connectivity index (χ4n) is 3.94. The lowest BCUT2D eigenvalue weighted by atomic mass is 9.84. The monoisotopic (exact) mass is 223 g/mol. The van der Waals surface area contributed by atoms with E-state index in [-0.39, 0.29) is 11.3 Å². The van der Waals surface area contributed by atoms with Crippen molar-refractivity contribution in [1.29, 1.82) is 0 Å². The largest absolute Gasteiger partial charge is 0.368 e. The molecule has 1 heterocycles. The van der Waals surface area contributed by atoms with Gasteiger partial charge in [0.15, 0.2) is 5.72 Å². The van der Waals surface area contributed by atoms with Crippen molar-refractivity contribution in [3.05, 3.63) is 0 Å². The van der Waals surface area contributed by atoms with Crippen molar-refractivity contribution in [3.63, 3.8) is 0 Å². The Bertz CT molecular complexity index is 417. The van der Waals surface area contributed by atoms with Crippen LogP contribution >= 0.6 is 0 Å². The van der Waals surface area contributed by atoms with Crippen LogP contribution in [0.15, 0.2) is 5.10 Å². The van der Waals surface area contributed by atoms with Gasteiger partial charge in [-0.1, -0.05) is 13.8 Å². The van der Waals surface area contributed by atoms with Crippen molar-refractivity contribution in [2.75, 3.05) is 0 Å². The Morgan fingerprint density at radius 2 is 2.25 bits per heavy atom. The third kappa shape index (κ3) is 0.867. The molecule has 2 amide bonds. The highest BCUT2D eigenvalue weighted by Crippen LogP contribution is 2.73. The molecule has 0 aromatic heterocycles. The van der Waals surface area contributed by atoms with Crippen LogP contribution in [0.2, 0.25) is 0 Å². The zero-order valence-corrected chi connectivity index (χ0v) is 9.77. The summed E-state index contributed by atoms with van der Waals surface area (Å²) in [7, 11) is 0. The summed E-state index contributed by atoms with van der Waals surface area (Å²) in [5.41, 5.74) is 5.19. The second-order valence-corrected chi connectivity index (χ2v) is 5.91. The lowest BCUT2D eigenvalue weighted by Gasteiger charge is -2.34. The maximum Gasteiger partial charge on any atom is 0.337 e. The number of aliphatic hydroxyl groups is 1. The summed E-state index contributed by atoms with van der Waals surface area (Å²) in [4.78, 5) is 11.3. The predicted molar refractivity (Wildman–Crippen MR) is 58.3 cm³/mol. The fraction of sp³-hybridized carbons (Fsp3) is 0.818. The molecule has 4 atom stereocenters. The van der Waals surface area contributed by atoms with Crippen LogP contribution in [0.5, 0.6) is 0 Å². The number of carbonyl (C=O) groups excluding carboxylic acids is 1. The summed E-state index contributed by atoms with van der Waals surface area (Å²) in [6.07, 6.45) is 0.596. The molecule has 2 fully saturated rings. The van der Waals surface area contributed by atoms with Gasteiger partial charge in [-0.15, -0.1) is 0 Å². The first-order chi connectivity index (χ1) is 7.30. The topological polar surface area (TPSA) is 78.9 Å². The molecule has 88 valence electrons. The molecule has 16 heavy (non-hydrogen) atoms. The summed E-state index contributed by atoms with van der Waals surface area (Å²) in [6, 6.07) is -0.663. The Hall–Kier alpha value is -1.10. The molecule has 5 heteroatoms. The zero-order valence-electron chi connectivity index (χ0n) is 9.77. The van der Waals surface area contributed by atoms with Crippen LogP contribution in [0.25, 0.3) is 0 Å². The minimum absolute atomic E-state index is 0.0278. The van der Waals surface area contributed by atoms with Crippen molar-refractivity contribution in [2.24, 2.45) is 34.0 Å². The van der Waals surface area contributed by atoms with Crippen molar-refractivity contribution >= 4 is 11.7 Å². The van der Waals surface area contributed by atoms with Gasteiger partial charge in [0.25, 0.3) is 0 Å². The number of nitrogens with two attached hydrogens (primary N) is 1. The van der Waals surface area contributed by atoms with Gasteiger partial charge in [0.05, 0.1) is 5.92 Å². The molecule has 0 bridgehead atoms. The molecule has 2 aliphatic carbocycles. The highest BCUT2D eigenvalue weighted by atomic mass is 16.3. The van der Waals surface area contributed by atoms with E-state index in [9.17, 15) is 9.90 Å². The van der Waals surface area contributed by atoms with Gasteiger partial charge >= 0.3 is 6.03 Å². The van der Waals surface area contributed by atoms with Crippen molar-refractivity contribution < 1.29 is 9.90 Å². The molecule has 0 spiro atoms. The van der Waals surface area contributed by atoms with Crippen LogP contribution in [0.3, 0.4) is 0 Å². The minimum Gasteiger partial charge on any atom is -0.368 e. The molecule has 1 aliphatic heterocycles. The van der Waals surface area contributed by atoms with Gasteiger partial charge in [-0.05, 0) is 24.2 Å². The number of hydrogen-bond donors (Lipinski definition) is 2. The van der Waals surface area contributed by atoms with Gasteiger partial charge in [-0.2, -0.15) is 10.1 Å². The Morgan fingerprint density at radius 3 is 2.81 bits per heavy atom. The number of hydrazone groups is 1. The highest BCUT2D eigenvalue weighted by molar-refractivity contribution is 5.91. The van der Waals surface area contributed by atoms with Gasteiger partial charge in [0.1, 0.15) is 0 Å². The normalized spacial score (nSPS) is 47.4. The van der Waals surface area contributed by atoms with E-state index in [2.05, 4.69) is 18.9 Å². The van der Waals surface area contributed by atoms with E-state index >= 15 is 0 Å². The van der Waals surface area contributed by atoms with Crippen LogP contribution in [0, 0.1) is 23.2 Å². The van der Waals surface area contributed by atoms with Crippen LogP contribution in [0.1, 0.15) is 27.2 Å². The number of amides is 2. The summed E-state index contributed by atoms with van der Waals surface area (Å²) >= 11 is 0. The summed E-state index contributed by atoms with van der Waals surface area (Å²) < 4.78 is 0. The van der Waals surface area contributed by atoms with E-state index in [1.807, 2.05) is 6.92 Å². The Labute approximate surface area is 94.3 Å². The summed E-state index contributed by atoms with van der Waals surface area (Å²) in [5, 5.41) is 15.8. The maximum absolute atomic E-state index is 11.3. The Morgan fingerprint density at radius 1 is 1.62 bits per heavy atom. The van der Waals surface area contributed by atoms with Crippen molar-refractivity contribution in [2.45, 2.75) is 32.9 Å². The number of nitrogens with zero attached hydrogens (tertiary/aromatic N) is 2. The molecular formula is C11H17N3O2. The first-order valence-corrected chi connectivity index (χ1v) is 5.67. The van der Waals surface area contributed by atoms with Gasteiger partial charge < -0.3 is 10.8 Å². The number of primary amides is 1. The lowest BCUT2D eigenvalue weighted by Crippen LogP contribution is -2.52. The van der Waals surface area contributed by atoms with Crippen LogP contribution in [-0.2, 0) is 0 Å². The third-order valence-corrected chi connectivity index (χ3v) is 4.80. The molecule has 3 aliphatic rings. The van der Waals surface area contributed by atoms with Crippen molar-refractivity contribution in [3.8, 4) is 0 Å². The molecular weight excluding hydrogens is 206 g/mol. The molecule has 0 aromatic rings. The molecule has 2 saturated carbocycles. The van der Waals surface area contributed by atoms with E-state index in [0.29, 0.717) is 18.3 Å². The van der Waals surface area contributed by atoms with E-state index in [0.717, 1.165) is 10.7 Å². The average Bonchev–Trinajstić information content (AvgIpc) is 2.51. The van der Waals surface area contributed by atoms with Gasteiger partial charge in [-0.3, -0.25) is 0 Å². The Balaban J connectivity index is 1.99. The molecule has 5 nitrogen and oxygen atoms in total. The SMILES string of the molecule is CC1=NN(C(N)=O)[C@]2(O)C[C@H]3[C@@H]([C@@H]12)C3(C)C. The number of carbonyl (C=O) groups is 1. The fourth-order valence-corrected chi connectivity index (χ4v) is 3.94. The third-order valence-electron chi connectivity index (χ3n) is 4.80. The van der Waals surface area contributed by atoms with Crippen LogP contribution in [-0.4, -0.2) is 27.6 Å². The predicted octanol–water partition coefficient (Wildman–Crippen LogP) is 0.737. The minimum atomic E-state index is -1.15. The molecule has 0 saturated heterocycles. The van der Waals surface area contributed by atoms with E-state index in [4.69, 9.17) is 5.73 Å². The number of hydrogen-bond acceptors (Lipinski definition) is 3. The van der Waals surface area contributed by atoms with Crippen LogP contribution in [0.4, 0.5) is 4.79 Å². The maximum atomic E-state index is 11.3. The molecule has 0 aromatic carbocycles. The summed E-state index contributed by atoms with van der Waals surface area (Å²) in [5.74, 6) is 0.889. The highest BCUT2D eigenvalue weighted by Gasteiger charge is 2.75. The van der Waals surface area contributed by atoms with Gasteiger partial charge in [0.2, 0.25) is 0 Å². The first kappa shape index (κ1) is 10.1. The van der Waals surface area contributed by atoms with Gasteiger partial charge in [-0.25, -0.2) is 4.79 Å². The quantitative estimate of drug-likeness (QED) is 0.635. The van der Waals surface area contributed by atoms with E-state index in [1.54, 1.807) is 0 Å². The average molecular weight is 223 g/mol. The standard InChI is InChI=1S/C11H17N3O2/c1-5-7-8-6(10(8,2)3)4-11(7,16)14(13-5)9(12)15/h6-8,16H,4H2,1-3H3,(H2,12,15)/t6-,7+,8-,11-/m0/s1. The lowest BCUT2D eigenvalue weighted by molar-refractivity contribution is -0.0944. The number of fused-ring (bicyclic) bond motifs is 3. The molecule has 3 N–H and O–H groups in total.